The van der Waals surface area contributed by atoms with Gasteiger partial charge in [-0.3, -0.25) is 4.79 Å². The summed E-state index contributed by atoms with van der Waals surface area (Å²) >= 11 is 3.07. The molecule has 0 saturated carbocycles. The third kappa shape index (κ3) is 3.63. The number of anilines is 1. The summed E-state index contributed by atoms with van der Waals surface area (Å²) in [5, 5.41) is 3.82. The van der Waals surface area contributed by atoms with Crippen molar-refractivity contribution < 1.29 is 4.79 Å². The largest absolute Gasteiger partial charge is 0.321 e. The van der Waals surface area contributed by atoms with Crippen molar-refractivity contribution in [1.29, 1.82) is 0 Å². The first-order chi connectivity index (χ1) is 11.2. The molecule has 1 amide bonds. The van der Waals surface area contributed by atoms with Gasteiger partial charge >= 0.3 is 0 Å². The molecule has 116 valence electrons. The van der Waals surface area contributed by atoms with E-state index in [4.69, 9.17) is 0 Å². The van der Waals surface area contributed by atoms with E-state index in [0.717, 1.165) is 26.8 Å². The molecule has 0 saturated heterocycles. The topological polar surface area (TPSA) is 42.0 Å². The maximum Gasteiger partial charge on any atom is 0.267 e. The third-order valence-electron chi connectivity index (χ3n) is 3.35. The number of carbonyl (C=O) groups excluding carboxylic acids is 1. The van der Waals surface area contributed by atoms with E-state index in [-0.39, 0.29) is 5.91 Å². The maximum atomic E-state index is 12.5. The number of benzene rings is 2. The Bertz CT molecular complexity index is 828. The van der Waals surface area contributed by atoms with Crippen LogP contribution in [-0.2, 0) is 0 Å². The minimum absolute atomic E-state index is 0.111. The average molecular weight is 340 g/mol. The van der Waals surface area contributed by atoms with E-state index in [9.17, 15) is 4.79 Å². The smallest absolute Gasteiger partial charge is 0.267 e. The highest BCUT2D eigenvalue weighted by molar-refractivity contribution is 7.98. The quantitative estimate of drug-likeness (QED) is 0.672. The molecule has 5 heteroatoms. The number of hydrogen-bond acceptors (Lipinski definition) is 4. The van der Waals surface area contributed by atoms with Gasteiger partial charge in [0.2, 0.25) is 0 Å². The predicted molar refractivity (Wildman–Crippen MR) is 98.5 cm³/mol. The van der Waals surface area contributed by atoms with E-state index in [1.165, 1.54) is 11.3 Å². The second-order valence-corrected chi connectivity index (χ2v) is 6.86. The molecule has 0 fully saturated rings. The first kappa shape index (κ1) is 15.8. The average Bonchev–Trinajstić information content (AvgIpc) is 2.98. The van der Waals surface area contributed by atoms with Gasteiger partial charge in [0, 0.05) is 16.1 Å². The lowest BCUT2D eigenvalue weighted by molar-refractivity contribution is 0.103. The normalized spacial score (nSPS) is 10.5. The summed E-state index contributed by atoms with van der Waals surface area (Å²) in [5.41, 5.74) is 2.59. The Morgan fingerprint density at radius 2 is 1.91 bits per heavy atom. The van der Waals surface area contributed by atoms with Crippen LogP contribution < -0.4 is 5.32 Å². The van der Waals surface area contributed by atoms with Gasteiger partial charge in [0.1, 0.15) is 9.88 Å². The molecule has 3 nitrogen and oxygen atoms in total. The molecular formula is C18H16N2OS2. The SMILES string of the molecule is CSc1cccc(NC(=O)c2sc(-c3ccccc3)nc2C)c1. The second-order valence-electron chi connectivity index (χ2n) is 4.99. The van der Waals surface area contributed by atoms with Crippen LogP contribution in [0.25, 0.3) is 10.6 Å². The van der Waals surface area contributed by atoms with E-state index in [0.29, 0.717) is 4.88 Å². The zero-order chi connectivity index (χ0) is 16.2. The van der Waals surface area contributed by atoms with E-state index in [1.54, 1.807) is 11.8 Å². The van der Waals surface area contributed by atoms with E-state index < -0.39 is 0 Å². The lowest BCUT2D eigenvalue weighted by atomic mass is 10.2. The van der Waals surface area contributed by atoms with Crippen molar-refractivity contribution in [2.45, 2.75) is 11.8 Å². The molecule has 0 unspecified atom stereocenters. The highest BCUT2D eigenvalue weighted by atomic mass is 32.2. The molecule has 0 bridgehead atoms. The van der Waals surface area contributed by atoms with E-state index >= 15 is 0 Å². The van der Waals surface area contributed by atoms with Gasteiger partial charge in [0.15, 0.2) is 0 Å². The summed E-state index contributed by atoms with van der Waals surface area (Å²) in [6.45, 7) is 1.87. The van der Waals surface area contributed by atoms with Gasteiger partial charge in [-0.25, -0.2) is 4.98 Å². The molecule has 1 N–H and O–H groups in total. The Balaban J connectivity index is 1.84. The Morgan fingerprint density at radius 1 is 1.13 bits per heavy atom. The first-order valence-electron chi connectivity index (χ1n) is 7.15. The number of nitrogens with zero attached hydrogens (tertiary/aromatic N) is 1. The van der Waals surface area contributed by atoms with Crippen LogP contribution in [0.1, 0.15) is 15.4 Å². The standard InChI is InChI=1S/C18H16N2OS2/c1-12-16(23-18(19-12)13-7-4-3-5-8-13)17(21)20-14-9-6-10-15(11-14)22-2/h3-11H,1-2H3,(H,20,21). The Hall–Kier alpha value is -2.11. The van der Waals surface area contributed by atoms with Crippen LogP contribution in [0.2, 0.25) is 0 Å². The number of carbonyl (C=O) groups is 1. The van der Waals surface area contributed by atoms with Crippen LogP contribution in [0.15, 0.2) is 59.5 Å². The van der Waals surface area contributed by atoms with Crippen LogP contribution in [-0.4, -0.2) is 17.1 Å². The van der Waals surface area contributed by atoms with Gasteiger partial charge in [0.25, 0.3) is 5.91 Å². The predicted octanol–water partition coefficient (Wildman–Crippen LogP) is 5.09. The van der Waals surface area contributed by atoms with Crippen molar-refractivity contribution in [2.24, 2.45) is 0 Å². The third-order valence-corrected chi connectivity index (χ3v) is 5.28. The minimum atomic E-state index is -0.111. The summed E-state index contributed by atoms with van der Waals surface area (Å²) < 4.78 is 0. The number of nitrogens with one attached hydrogen (secondary N) is 1. The molecule has 0 radical (unpaired) electrons. The molecule has 0 aliphatic carbocycles. The zero-order valence-corrected chi connectivity index (χ0v) is 14.5. The number of amides is 1. The molecule has 0 aliphatic rings. The molecule has 2 aromatic carbocycles. The van der Waals surface area contributed by atoms with Crippen LogP contribution in [0.3, 0.4) is 0 Å². The first-order valence-corrected chi connectivity index (χ1v) is 9.20. The molecule has 1 aromatic heterocycles. The highest BCUT2D eigenvalue weighted by Crippen LogP contribution is 2.28. The van der Waals surface area contributed by atoms with Gasteiger partial charge in [0.05, 0.1) is 5.69 Å². The summed E-state index contributed by atoms with van der Waals surface area (Å²) in [6, 6.07) is 17.7. The number of hydrogen-bond donors (Lipinski definition) is 1. The van der Waals surface area contributed by atoms with Crippen molar-refractivity contribution in [3.8, 4) is 10.6 Å². The molecule has 3 rings (SSSR count). The molecule has 0 atom stereocenters. The Kier molecular flexibility index (Phi) is 4.79. The van der Waals surface area contributed by atoms with Crippen LogP contribution in [0, 0.1) is 6.92 Å². The van der Waals surface area contributed by atoms with Crippen LogP contribution >= 0.6 is 23.1 Å². The van der Waals surface area contributed by atoms with Crippen molar-refractivity contribution in [3.05, 3.63) is 65.2 Å². The molecular weight excluding hydrogens is 324 g/mol. The fourth-order valence-electron chi connectivity index (χ4n) is 2.20. The highest BCUT2D eigenvalue weighted by Gasteiger charge is 2.16. The van der Waals surface area contributed by atoms with Crippen molar-refractivity contribution >= 4 is 34.7 Å². The summed E-state index contributed by atoms with van der Waals surface area (Å²) in [4.78, 5) is 18.8. The maximum absolute atomic E-state index is 12.5. The van der Waals surface area contributed by atoms with Crippen molar-refractivity contribution in [2.75, 3.05) is 11.6 Å². The van der Waals surface area contributed by atoms with E-state index in [1.807, 2.05) is 67.8 Å². The number of thioether (sulfide) groups is 1. The van der Waals surface area contributed by atoms with Gasteiger partial charge in [-0.05, 0) is 31.4 Å². The fraction of sp³-hybridized carbons (Fsp3) is 0.111. The van der Waals surface area contributed by atoms with Gasteiger partial charge < -0.3 is 5.32 Å². The fourth-order valence-corrected chi connectivity index (χ4v) is 3.63. The zero-order valence-electron chi connectivity index (χ0n) is 12.9. The molecule has 3 aromatic rings. The Morgan fingerprint density at radius 3 is 2.65 bits per heavy atom. The second kappa shape index (κ2) is 6.98. The number of aryl methyl sites for hydroxylation is 1. The van der Waals surface area contributed by atoms with Crippen molar-refractivity contribution in [1.82, 2.24) is 4.98 Å². The van der Waals surface area contributed by atoms with Gasteiger partial charge in [-0.1, -0.05) is 36.4 Å². The summed E-state index contributed by atoms with van der Waals surface area (Å²) in [5.74, 6) is -0.111. The van der Waals surface area contributed by atoms with Crippen molar-refractivity contribution in [3.63, 3.8) is 0 Å². The van der Waals surface area contributed by atoms with Crippen LogP contribution in [0.5, 0.6) is 0 Å². The summed E-state index contributed by atoms with van der Waals surface area (Å²) in [6.07, 6.45) is 2.01. The number of aromatic nitrogens is 1. The number of rotatable bonds is 4. The molecule has 0 aliphatic heterocycles. The lowest BCUT2D eigenvalue weighted by Crippen LogP contribution is -2.11. The molecule has 1 heterocycles. The Labute approximate surface area is 143 Å². The van der Waals surface area contributed by atoms with Crippen LogP contribution in [0.4, 0.5) is 5.69 Å². The molecule has 0 spiro atoms. The van der Waals surface area contributed by atoms with Gasteiger partial charge in [-0.2, -0.15) is 0 Å². The summed E-state index contributed by atoms with van der Waals surface area (Å²) in [7, 11) is 0. The minimum Gasteiger partial charge on any atom is -0.321 e. The van der Waals surface area contributed by atoms with E-state index in [2.05, 4.69) is 10.3 Å². The monoisotopic (exact) mass is 340 g/mol. The van der Waals surface area contributed by atoms with Gasteiger partial charge in [-0.15, -0.1) is 23.1 Å². The lowest BCUT2D eigenvalue weighted by Gasteiger charge is -2.05. The molecule has 23 heavy (non-hydrogen) atoms. The number of thiazole rings is 1.